The lowest BCUT2D eigenvalue weighted by Gasteiger charge is -2.45. The Kier molecular flexibility index (Phi) is 8.44. The molecule has 2 aromatic carbocycles. The molecule has 1 amide bonds. The van der Waals surface area contributed by atoms with Gasteiger partial charge in [-0.25, -0.2) is 4.98 Å². The van der Waals surface area contributed by atoms with Crippen LogP contribution < -0.4 is 9.64 Å². The Hall–Kier alpha value is -4.18. The van der Waals surface area contributed by atoms with Crippen molar-refractivity contribution in [1.82, 2.24) is 19.7 Å². The molecular weight excluding hydrogens is 574 g/mol. The minimum absolute atomic E-state index is 0.0535. The first-order valence-corrected chi connectivity index (χ1v) is 16.0. The van der Waals surface area contributed by atoms with E-state index in [1.165, 1.54) is 0 Å². The normalized spacial score (nSPS) is 19.5. The van der Waals surface area contributed by atoms with Crippen molar-refractivity contribution in [3.8, 4) is 17.0 Å². The highest BCUT2D eigenvalue weighted by Crippen LogP contribution is 2.43. The average molecular weight is 614 g/mol. The molecule has 44 heavy (non-hydrogen) atoms. The highest BCUT2D eigenvalue weighted by atomic mass is 32.1. The second kappa shape index (κ2) is 12.4. The van der Waals surface area contributed by atoms with E-state index in [1.54, 1.807) is 28.0 Å². The van der Waals surface area contributed by atoms with Gasteiger partial charge in [0.05, 0.1) is 23.9 Å². The van der Waals surface area contributed by atoms with Gasteiger partial charge in [0.25, 0.3) is 5.91 Å². The highest BCUT2D eigenvalue weighted by Gasteiger charge is 2.44. The van der Waals surface area contributed by atoms with E-state index in [2.05, 4.69) is 28.4 Å². The summed E-state index contributed by atoms with van der Waals surface area (Å²) in [5.74, 6) is 0.169. The molecule has 2 bridgehead atoms. The van der Waals surface area contributed by atoms with Crippen molar-refractivity contribution in [1.29, 1.82) is 0 Å². The number of thiazole rings is 1. The van der Waals surface area contributed by atoms with Crippen molar-refractivity contribution in [2.45, 2.75) is 46.3 Å². The lowest BCUT2D eigenvalue weighted by molar-refractivity contribution is -0.148. The van der Waals surface area contributed by atoms with E-state index in [0.717, 1.165) is 76.9 Å². The van der Waals surface area contributed by atoms with E-state index in [0.29, 0.717) is 18.7 Å². The van der Waals surface area contributed by atoms with E-state index in [4.69, 9.17) is 9.72 Å². The van der Waals surface area contributed by atoms with Crippen LogP contribution >= 0.6 is 11.3 Å². The van der Waals surface area contributed by atoms with Crippen molar-refractivity contribution < 1.29 is 19.4 Å². The average Bonchev–Trinajstić information content (AvgIpc) is 3.65. The molecule has 2 aromatic heterocycles. The largest absolute Gasteiger partial charge is 0.488 e. The number of carbonyl (C=O) groups excluding carboxylic acids is 1. The number of nitrogens with zero attached hydrogens (tertiary/aromatic N) is 5. The topological polar surface area (TPSA) is 101 Å². The van der Waals surface area contributed by atoms with Gasteiger partial charge < -0.3 is 19.6 Å². The van der Waals surface area contributed by atoms with E-state index < -0.39 is 5.97 Å². The van der Waals surface area contributed by atoms with Crippen molar-refractivity contribution in [2.75, 3.05) is 25.0 Å². The first-order chi connectivity index (χ1) is 21.2. The molecular formula is C34H39N5O4S. The van der Waals surface area contributed by atoms with Crippen molar-refractivity contribution in [2.24, 2.45) is 24.8 Å². The number of piperidine rings is 1. The lowest BCUT2D eigenvalue weighted by atomic mass is 9.69. The maximum absolute atomic E-state index is 13.1. The molecule has 0 radical (unpaired) electrons. The van der Waals surface area contributed by atoms with Gasteiger partial charge in [-0.3, -0.25) is 14.3 Å². The molecule has 9 nitrogen and oxygen atoms in total. The highest BCUT2D eigenvalue weighted by molar-refractivity contribution is 7.14. The third kappa shape index (κ3) is 6.22. The Balaban J connectivity index is 1.14. The number of rotatable bonds is 9. The predicted octanol–water partition coefficient (Wildman–Crippen LogP) is 5.95. The van der Waals surface area contributed by atoms with Crippen LogP contribution in [0.1, 0.15) is 52.0 Å². The van der Waals surface area contributed by atoms with Crippen LogP contribution in [-0.2, 0) is 25.0 Å². The number of amides is 1. The van der Waals surface area contributed by atoms with Crippen molar-refractivity contribution in [3.63, 3.8) is 0 Å². The molecule has 3 atom stereocenters. The third-order valence-corrected chi connectivity index (χ3v) is 9.92. The Morgan fingerprint density at radius 2 is 1.86 bits per heavy atom. The minimum Gasteiger partial charge on any atom is -0.488 e. The molecule has 4 aromatic rings. The van der Waals surface area contributed by atoms with Gasteiger partial charge in [0.2, 0.25) is 0 Å². The molecule has 2 aliphatic rings. The summed E-state index contributed by atoms with van der Waals surface area (Å²) >= 11 is 1.61. The molecule has 10 heteroatoms. The smallest absolute Gasteiger partial charge is 0.307 e. The summed E-state index contributed by atoms with van der Waals surface area (Å²) in [6, 6.07) is 13.8. The molecule has 1 N–H and O–H groups in total. The fraction of sp³-hybridized carbons (Fsp3) is 0.412. The monoisotopic (exact) mass is 613 g/mol. The number of fused-ring (bicyclic) bond motifs is 2. The zero-order valence-corrected chi connectivity index (χ0v) is 26.5. The third-order valence-electron chi connectivity index (χ3n) is 9.02. The summed E-state index contributed by atoms with van der Waals surface area (Å²) in [6.45, 7) is 6.36. The summed E-state index contributed by atoms with van der Waals surface area (Å²) < 4.78 is 8.11. The van der Waals surface area contributed by atoms with Crippen LogP contribution in [0.5, 0.6) is 5.75 Å². The van der Waals surface area contributed by atoms with Crippen molar-refractivity contribution >= 4 is 28.3 Å². The van der Waals surface area contributed by atoms with Crippen molar-refractivity contribution in [3.05, 3.63) is 82.0 Å². The fourth-order valence-corrected chi connectivity index (χ4v) is 7.57. The van der Waals surface area contributed by atoms with E-state index >= 15 is 0 Å². The summed E-state index contributed by atoms with van der Waals surface area (Å²) in [5, 5.41) is 17.2. The minimum atomic E-state index is -0.648. The molecule has 2 fully saturated rings. The van der Waals surface area contributed by atoms with Crippen LogP contribution in [0.4, 0.5) is 5.13 Å². The number of hydrogen-bond donors (Lipinski definition) is 1. The molecule has 3 heterocycles. The number of hydrogen-bond acceptors (Lipinski definition) is 7. The number of ether oxygens (including phenoxy) is 1. The zero-order chi connectivity index (χ0) is 31.0. The van der Waals surface area contributed by atoms with Crippen LogP contribution in [0.2, 0.25) is 0 Å². The standard InChI is InChI=1S/C34H39N5O4S/c1-21-8-11-30(43-19-26-10-9-23(15-22(26)2)32(40)37(3)18-27-12-13-38(4)36-27)28(14-21)29-20-44-34(35-29)39-16-24-6-5-7-25(17-39)31(24)33(41)42/h8-15,20,24-25,31H,5-7,16-19H2,1-4H3,(H,41,42)/t24-,25+,31+. The Morgan fingerprint density at radius 3 is 2.55 bits per heavy atom. The van der Waals surface area contributed by atoms with Gasteiger partial charge in [0.1, 0.15) is 12.4 Å². The quantitative estimate of drug-likeness (QED) is 0.249. The summed E-state index contributed by atoms with van der Waals surface area (Å²) in [7, 11) is 3.65. The van der Waals surface area contributed by atoms with Gasteiger partial charge in [-0.05, 0) is 80.0 Å². The molecule has 0 spiro atoms. The van der Waals surface area contributed by atoms with Gasteiger partial charge in [0, 0.05) is 49.9 Å². The number of carboxylic acid groups (broad SMARTS) is 1. The van der Waals surface area contributed by atoms with E-state index in [1.807, 2.05) is 56.6 Å². The van der Waals surface area contributed by atoms with Crippen LogP contribution in [0.15, 0.2) is 54.0 Å². The predicted molar refractivity (Wildman–Crippen MR) is 171 cm³/mol. The number of aromatic nitrogens is 3. The second-order valence-corrected chi connectivity index (χ2v) is 13.1. The number of aryl methyl sites for hydroxylation is 3. The van der Waals surface area contributed by atoms with Gasteiger partial charge in [-0.2, -0.15) is 5.10 Å². The maximum Gasteiger partial charge on any atom is 0.307 e. The summed E-state index contributed by atoms with van der Waals surface area (Å²) in [6.07, 6.45) is 4.92. The summed E-state index contributed by atoms with van der Waals surface area (Å²) in [4.78, 5) is 34.0. The molecule has 0 unspecified atom stereocenters. The lowest BCUT2D eigenvalue weighted by Crippen LogP contribution is -2.51. The van der Waals surface area contributed by atoms with Gasteiger partial charge in [-0.15, -0.1) is 11.3 Å². The SMILES string of the molecule is Cc1ccc(OCc2ccc(C(=O)N(C)Cc3ccn(C)n3)cc2C)c(-c2csc(N3C[C@H]4CCC[C@@H](C3)[C@H]4C(=O)O)n2)c1. The number of aliphatic carboxylic acids is 1. The first kappa shape index (κ1) is 29.9. The van der Waals surface area contributed by atoms with E-state index in [9.17, 15) is 14.7 Å². The number of carbonyl (C=O) groups is 2. The number of carboxylic acids is 1. The van der Waals surface area contributed by atoms with Crippen LogP contribution in [0.3, 0.4) is 0 Å². The summed E-state index contributed by atoms with van der Waals surface area (Å²) in [5.41, 5.74) is 6.39. The van der Waals surface area contributed by atoms with Crippen LogP contribution in [-0.4, -0.2) is 56.8 Å². The van der Waals surface area contributed by atoms with Crippen LogP contribution in [0.25, 0.3) is 11.3 Å². The zero-order valence-electron chi connectivity index (χ0n) is 25.7. The van der Waals surface area contributed by atoms with Gasteiger partial charge >= 0.3 is 5.97 Å². The van der Waals surface area contributed by atoms with Gasteiger partial charge in [-0.1, -0.05) is 24.1 Å². The fourth-order valence-electron chi connectivity index (χ4n) is 6.73. The molecule has 230 valence electrons. The molecule has 1 aliphatic heterocycles. The molecule has 6 rings (SSSR count). The Bertz CT molecular complexity index is 1670. The molecule has 1 saturated carbocycles. The maximum atomic E-state index is 13.1. The Morgan fingerprint density at radius 1 is 1.09 bits per heavy atom. The molecule has 1 aliphatic carbocycles. The number of benzene rings is 2. The van der Waals surface area contributed by atoms with Gasteiger partial charge in [0.15, 0.2) is 5.13 Å². The first-order valence-electron chi connectivity index (χ1n) is 15.2. The number of anilines is 1. The second-order valence-electron chi connectivity index (χ2n) is 12.3. The van der Waals surface area contributed by atoms with E-state index in [-0.39, 0.29) is 23.7 Å². The molecule has 1 saturated heterocycles. The van der Waals surface area contributed by atoms with Crippen LogP contribution in [0, 0.1) is 31.6 Å². The Labute approximate surface area is 262 Å².